The first-order chi connectivity index (χ1) is 8.24. The summed E-state index contributed by atoms with van der Waals surface area (Å²) in [7, 11) is 0. The number of nitrogens with two attached hydrogens (primary N) is 1. The molecular formula is C12H13N5. The summed E-state index contributed by atoms with van der Waals surface area (Å²) in [6.45, 7) is 2.87. The highest BCUT2D eigenvalue weighted by Crippen LogP contribution is 2.24. The van der Waals surface area contributed by atoms with Gasteiger partial charge in [0.2, 0.25) is 5.95 Å². The number of pyridine rings is 1. The molecule has 86 valence electrons. The van der Waals surface area contributed by atoms with E-state index < -0.39 is 0 Å². The van der Waals surface area contributed by atoms with Crippen LogP contribution in [-0.4, -0.2) is 27.4 Å². The number of hydrogen-bond donors (Lipinski definition) is 1. The van der Waals surface area contributed by atoms with Crippen molar-refractivity contribution in [3.63, 3.8) is 0 Å². The first kappa shape index (κ1) is 10.0. The number of aryl methyl sites for hydroxylation is 1. The van der Waals surface area contributed by atoms with E-state index >= 15 is 0 Å². The maximum absolute atomic E-state index is 5.65. The van der Waals surface area contributed by atoms with E-state index in [9.17, 15) is 0 Å². The summed E-state index contributed by atoms with van der Waals surface area (Å²) < 4.78 is 1.74. The number of allylic oxidation sites excluding steroid dienone is 1. The molecule has 0 saturated heterocycles. The van der Waals surface area contributed by atoms with Crippen LogP contribution in [0.15, 0.2) is 23.3 Å². The highest BCUT2D eigenvalue weighted by atomic mass is 15.3. The number of nitrogens with zero attached hydrogens (tertiary/aromatic N) is 4. The number of aromatic nitrogens is 3. The molecule has 1 aliphatic heterocycles. The third-order valence-electron chi connectivity index (χ3n) is 2.82. The minimum atomic E-state index is 0.307. The molecule has 5 heteroatoms. The Bertz CT molecular complexity index is 636. The Morgan fingerprint density at radius 2 is 2.29 bits per heavy atom. The van der Waals surface area contributed by atoms with Crippen molar-refractivity contribution in [2.24, 2.45) is 4.99 Å². The minimum absolute atomic E-state index is 0.307. The van der Waals surface area contributed by atoms with Gasteiger partial charge in [0.1, 0.15) is 0 Å². The molecular weight excluding hydrogens is 214 g/mol. The Balaban J connectivity index is 2.26. The van der Waals surface area contributed by atoms with Crippen LogP contribution in [0.5, 0.6) is 0 Å². The number of aliphatic imine (C=N–C) groups is 1. The molecule has 0 aromatic carbocycles. The summed E-state index contributed by atoms with van der Waals surface area (Å²) in [5.41, 5.74) is 9.94. The molecule has 5 nitrogen and oxygen atoms in total. The van der Waals surface area contributed by atoms with Crippen molar-refractivity contribution in [1.29, 1.82) is 0 Å². The number of nitrogen functional groups attached to an aromatic ring is 1. The van der Waals surface area contributed by atoms with Gasteiger partial charge in [-0.1, -0.05) is 0 Å². The number of rotatable bonds is 1. The molecule has 0 atom stereocenters. The van der Waals surface area contributed by atoms with Gasteiger partial charge in [-0.25, -0.2) is 4.52 Å². The molecule has 17 heavy (non-hydrogen) atoms. The molecule has 0 bridgehead atoms. The molecule has 2 N–H and O–H groups in total. The van der Waals surface area contributed by atoms with Crippen LogP contribution in [0.2, 0.25) is 0 Å². The second-order valence-electron chi connectivity index (χ2n) is 4.17. The molecule has 0 amide bonds. The first-order valence-electron chi connectivity index (χ1n) is 5.56. The van der Waals surface area contributed by atoms with Crippen LogP contribution in [0.25, 0.3) is 11.2 Å². The normalized spacial score (nSPS) is 15.2. The summed E-state index contributed by atoms with van der Waals surface area (Å²) in [6, 6.07) is 2.12. The molecule has 0 saturated carbocycles. The predicted octanol–water partition coefficient (Wildman–Crippen LogP) is 1.48. The van der Waals surface area contributed by atoms with Crippen molar-refractivity contribution in [2.75, 3.05) is 12.3 Å². The van der Waals surface area contributed by atoms with Gasteiger partial charge in [-0.15, -0.1) is 5.10 Å². The largest absolute Gasteiger partial charge is 0.366 e. The zero-order valence-corrected chi connectivity index (χ0v) is 9.59. The van der Waals surface area contributed by atoms with Crippen LogP contribution < -0.4 is 5.73 Å². The van der Waals surface area contributed by atoms with Crippen molar-refractivity contribution in [3.8, 4) is 0 Å². The van der Waals surface area contributed by atoms with Crippen LogP contribution in [0.1, 0.15) is 17.5 Å². The topological polar surface area (TPSA) is 68.6 Å². The van der Waals surface area contributed by atoms with Crippen LogP contribution in [0, 0.1) is 6.92 Å². The van der Waals surface area contributed by atoms with Crippen LogP contribution in [0.3, 0.4) is 0 Å². The maximum atomic E-state index is 5.65. The van der Waals surface area contributed by atoms with Crippen molar-refractivity contribution >= 4 is 23.4 Å². The Labute approximate surface area is 98.7 Å². The van der Waals surface area contributed by atoms with E-state index in [1.807, 2.05) is 25.4 Å². The van der Waals surface area contributed by atoms with Crippen molar-refractivity contribution < 1.29 is 0 Å². The van der Waals surface area contributed by atoms with Gasteiger partial charge < -0.3 is 5.73 Å². The molecule has 2 aromatic heterocycles. The standard InChI is InChI=1S/C12H13N5/c1-8-6-10(9-2-4-14-5-3-9)11-15-12(13)16-17(11)7-8/h2,4,6-7H,3,5H2,1H3,(H2,13,16). The second kappa shape index (κ2) is 3.69. The Kier molecular flexibility index (Phi) is 2.18. The molecule has 3 heterocycles. The lowest BCUT2D eigenvalue weighted by atomic mass is 10.0. The fraction of sp³-hybridized carbons (Fsp3) is 0.250. The lowest BCUT2D eigenvalue weighted by Gasteiger charge is -2.10. The molecule has 0 aliphatic carbocycles. The summed E-state index contributed by atoms with van der Waals surface area (Å²) in [6.07, 6.45) is 6.74. The molecule has 0 spiro atoms. The summed E-state index contributed by atoms with van der Waals surface area (Å²) in [5, 5.41) is 4.15. The molecule has 1 aliphatic rings. The first-order valence-corrected chi connectivity index (χ1v) is 5.56. The molecule has 2 aromatic rings. The summed E-state index contributed by atoms with van der Waals surface area (Å²) >= 11 is 0. The van der Waals surface area contributed by atoms with E-state index in [0.717, 1.165) is 29.7 Å². The average Bonchev–Trinajstić information content (AvgIpc) is 2.69. The van der Waals surface area contributed by atoms with Crippen LogP contribution >= 0.6 is 0 Å². The molecule has 0 fully saturated rings. The third-order valence-corrected chi connectivity index (χ3v) is 2.82. The fourth-order valence-electron chi connectivity index (χ4n) is 2.08. The quantitative estimate of drug-likeness (QED) is 0.802. The van der Waals surface area contributed by atoms with Gasteiger partial charge in [0, 0.05) is 24.5 Å². The number of hydrogen-bond acceptors (Lipinski definition) is 4. The Morgan fingerprint density at radius 3 is 3.06 bits per heavy atom. The molecule has 0 unspecified atom stereocenters. The van der Waals surface area contributed by atoms with E-state index in [1.165, 1.54) is 5.57 Å². The third kappa shape index (κ3) is 1.69. The maximum Gasteiger partial charge on any atom is 0.240 e. The van der Waals surface area contributed by atoms with E-state index in [0.29, 0.717) is 5.95 Å². The van der Waals surface area contributed by atoms with E-state index in [2.05, 4.69) is 21.1 Å². The van der Waals surface area contributed by atoms with Gasteiger partial charge in [0.15, 0.2) is 5.65 Å². The predicted molar refractivity (Wildman–Crippen MR) is 68.1 cm³/mol. The van der Waals surface area contributed by atoms with Crippen molar-refractivity contribution in [1.82, 2.24) is 14.6 Å². The van der Waals surface area contributed by atoms with Gasteiger partial charge >= 0.3 is 0 Å². The number of anilines is 1. The fourth-order valence-corrected chi connectivity index (χ4v) is 2.08. The Morgan fingerprint density at radius 1 is 1.41 bits per heavy atom. The van der Waals surface area contributed by atoms with Gasteiger partial charge in [-0.2, -0.15) is 4.98 Å². The van der Waals surface area contributed by atoms with Crippen LogP contribution in [-0.2, 0) is 0 Å². The van der Waals surface area contributed by atoms with E-state index in [1.54, 1.807) is 4.52 Å². The highest BCUT2D eigenvalue weighted by molar-refractivity contribution is 5.89. The number of fused-ring (bicyclic) bond motifs is 1. The Hall–Kier alpha value is -2.17. The smallest absolute Gasteiger partial charge is 0.240 e. The van der Waals surface area contributed by atoms with Gasteiger partial charge in [-0.3, -0.25) is 4.99 Å². The lowest BCUT2D eigenvalue weighted by molar-refractivity contribution is 0.951. The van der Waals surface area contributed by atoms with Gasteiger partial charge in [0.25, 0.3) is 0 Å². The monoisotopic (exact) mass is 227 g/mol. The molecule has 3 rings (SSSR count). The highest BCUT2D eigenvalue weighted by Gasteiger charge is 2.12. The van der Waals surface area contributed by atoms with Crippen molar-refractivity contribution in [3.05, 3.63) is 29.5 Å². The summed E-state index contributed by atoms with van der Waals surface area (Å²) in [5.74, 6) is 0.307. The SMILES string of the molecule is Cc1cc(C2=CC=NCC2)c2nc(N)nn2c1. The van der Waals surface area contributed by atoms with Gasteiger partial charge in [-0.05, 0) is 36.6 Å². The second-order valence-corrected chi connectivity index (χ2v) is 4.17. The molecule has 0 radical (unpaired) electrons. The number of dihydropyridines is 1. The zero-order valence-electron chi connectivity index (χ0n) is 9.59. The summed E-state index contributed by atoms with van der Waals surface area (Å²) in [4.78, 5) is 8.47. The van der Waals surface area contributed by atoms with E-state index in [-0.39, 0.29) is 0 Å². The van der Waals surface area contributed by atoms with Crippen molar-refractivity contribution in [2.45, 2.75) is 13.3 Å². The van der Waals surface area contributed by atoms with Crippen LogP contribution in [0.4, 0.5) is 5.95 Å². The van der Waals surface area contributed by atoms with E-state index in [4.69, 9.17) is 5.73 Å². The zero-order chi connectivity index (χ0) is 11.8. The van der Waals surface area contributed by atoms with Gasteiger partial charge in [0.05, 0.1) is 0 Å². The minimum Gasteiger partial charge on any atom is -0.366 e. The average molecular weight is 227 g/mol. The lowest BCUT2D eigenvalue weighted by Crippen LogP contribution is -1.99.